The molecule has 0 unspecified atom stereocenters. The molecule has 0 fully saturated rings. The Morgan fingerprint density at radius 3 is 1.23 bits per heavy atom. The van der Waals surface area contributed by atoms with Crippen molar-refractivity contribution in [3.05, 3.63) is 188 Å². The van der Waals surface area contributed by atoms with Crippen LogP contribution in [0.25, 0.3) is 132 Å². The van der Waals surface area contributed by atoms with Gasteiger partial charge in [0.05, 0.1) is 0 Å². The Morgan fingerprint density at radius 2 is 0.650 bits per heavy atom. The number of rotatable bonds is 4. The molecule has 3 aromatic heterocycles. The Labute approximate surface area is 342 Å². The number of hydrogen-bond donors (Lipinski definition) is 0. The van der Waals surface area contributed by atoms with Crippen LogP contribution in [0.1, 0.15) is 0 Å². The highest BCUT2D eigenvalue weighted by Gasteiger charge is 2.21. The molecule has 0 aliphatic carbocycles. The molecule has 3 heterocycles. The third-order valence-corrected chi connectivity index (χ3v) is 12.1. The van der Waals surface area contributed by atoms with Crippen LogP contribution in [0, 0.1) is 0 Å². The summed E-state index contributed by atoms with van der Waals surface area (Å²) in [6, 6.07) is 65.8. The molecule has 0 aliphatic rings. The first-order chi connectivity index (χ1) is 29.7. The highest BCUT2D eigenvalue weighted by Crippen LogP contribution is 2.45. The van der Waals surface area contributed by atoms with Gasteiger partial charge in [-0.3, -0.25) is 0 Å². The molecular weight excluding hydrogens is 735 g/mol. The van der Waals surface area contributed by atoms with Crippen molar-refractivity contribution in [2.45, 2.75) is 0 Å². The predicted molar refractivity (Wildman–Crippen MR) is 246 cm³/mol. The summed E-state index contributed by atoms with van der Waals surface area (Å²) in [6.45, 7) is 0. The molecule has 0 spiro atoms. The van der Waals surface area contributed by atoms with Crippen LogP contribution in [0.2, 0.25) is 0 Å². The Hall–Kier alpha value is -8.15. The fourth-order valence-corrected chi connectivity index (χ4v) is 9.39. The molecule has 5 heteroatoms. The van der Waals surface area contributed by atoms with Crippen LogP contribution >= 0.6 is 0 Å². The molecule has 0 atom stereocenters. The highest BCUT2D eigenvalue weighted by molar-refractivity contribution is 6.33. The van der Waals surface area contributed by atoms with Crippen molar-refractivity contribution in [3.8, 4) is 45.3 Å². The number of benzene rings is 10. The second kappa shape index (κ2) is 12.7. The smallest absolute Gasteiger partial charge is 0.164 e. The number of furan rings is 2. The molecule has 0 saturated carbocycles. The first-order valence-corrected chi connectivity index (χ1v) is 20.2. The van der Waals surface area contributed by atoms with Gasteiger partial charge in [0.25, 0.3) is 0 Å². The van der Waals surface area contributed by atoms with E-state index in [-0.39, 0.29) is 0 Å². The number of aromatic nitrogens is 3. The number of nitrogens with zero attached hydrogens (tertiary/aromatic N) is 3. The van der Waals surface area contributed by atoms with E-state index in [1.807, 2.05) is 60.7 Å². The summed E-state index contributed by atoms with van der Waals surface area (Å²) in [5.41, 5.74) is 8.17. The fourth-order valence-electron chi connectivity index (χ4n) is 9.39. The average Bonchev–Trinajstić information content (AvgIpc) is 3.89. The molecule has 5 nitrogen and oxygen atoms in total. The lowest BCUT2D eigenvalue weighted by Crippen LogP contribution is -2.01. The molecule has 0 bridgehead atoms. The van der Waals surface area contributed by atoms with Crippen molar-refractivity contribution in [3.63, 3.8) is 0 Å². The van der Waals surface area contributed by atoms with Crippen molar-refractivity contribution < 1.29 is 8.83 Å². The van der Waals surface area contributed by atoms with Gasteiger partial charge in [-0.2, -0.15) is 0 Å². The second-order valence-corrected chi connectivity index (χ2v) is 15.5. The summed E-state index contributed by atoms with van der Waals surface area (Å²) >= 11 is 0. The van der Waals surface area contributed by atoms with Gasteiger partial charge >= 0.3 is 0 Å². The van der Waals surface area contributed by atoms with E-state index in [0.29, 0.717) is 17.5 Å². The fraction of sp³-hybridized carbons (Fsp3) is 0. The summed E-state index contributed by atoms with van der Waals surface area (Å²) in [6.07, 6.45) is 0. The van der Waals surface area contributed by atoms with Crippen LogP contribution in [0.5, 0.6) is 0 Å². The molecule has 278 valence electrons. The van der Waals surface area contributed by atoms with Crippen LogP contribution in [0.3, 0.4) is 0 Å². The zero-order chi connectivity index (χ0) is 39.3. The highest BCUT2D eigenvalue weighted by atomic mass is 16.3. The maximum Gasteiger partial charge on any atom is 0.164 e. The monoisotopic (exact) mass is 765 g/mol. The zero-order valence-electron chi connectivity index (χ0n) is 32.1. The van der Waals surface area contributed by atoms with Crippen LogP contribution in [-0.4, -0.2) is 15.0 Å². The van der Waals surface area contributed by atoms with Crippen molar-refractivity contribution in [1.29, 1.82) is 0 Å². The molecule has 0 N–H and O–H groups in total. The molecule has 13 aromatic rings. The maximum absolute atomic E-state index is 6.22. The average molecular weight is 766 g/mol. The Kier molecular flexibility index (Phi) is 6.95. The third-order valence-electron chi connectivity index (χ3n) is 12.1. The van der Waals surface area contributed by atoms with Gasteiger partial charge < -0.3 is 8.83 Å². The summed E-state index contributed by atoms with van der Waals surface area (Å²) in [5, 5.41) is 14.0. The molecule has 0 radical (unpaired) electrons. The summed E-state index contributed by atoms with van der Waals surface area (Å²) < 4.78 is 12.4. The normalized spacial score (nSPS) is 12.0. The van der Waals surface area contributed by atoms with E-state index < -0.39 is 0 Å². The van der Waals surface area contributed by atoms with E-state index in [2.05, 4.69) is 127 Å². The lowest BCUT2D eigenvalue weighted by atomic mass is 9.86. The van der Waals surface area contributed by atoms with E-state index in [1.165, 1.54) is 43.1 Å². The summed E-state index contributed by atoms with van der Waals surface area (Å²) in [7, 11) is 0. The SMILES string of the molecule is c1ccc(-c2cc3c4ccccc4c4ccccc4c3c3ccccc23)c(-c2nc(-c3ccc4oc5ccccc5c4c3)nc(-c3ccc4oc5ccccc5c4c3)n2)c1. The van der Waals surface area contributed by atoms with E-state index in [9.17, 15) is 0 Å². The topological polar surface area (TPSA) is 65.0 Å². The first-order valence-electron chi connectivity index (χ1n) is 20.2. The zero-order valence-corrected chi connectivity index (χ0v) is 32.1. The number of hydrogen-bond acceptors (Lipinski definition) is 5. The van der Waals surface area contributed by atoms with Gasteiger partial charge in [-0.25, -0.2) is 15.0 Å². The van der Waals surface area contributed by atoms with Gasteiger partial charge in [-0.15, -0.1) is 0 Å². The minimum Gasteiger partial charge on any atom is -0.456 e. The maximum atomic E-state index is 6.22. The van der Waals surface area contributed by atoms with Crippen molar-refractivity contribution in [1.82, 2.24) is 15.0 Å². The number of fused-ring (bicyclic) bond motifs is 14. The lowest BCUT2D eigenvalue weighted by molar-refractivity contribution is 0.668. The third kappa shape index (κ3) is 4.90. The van der Waals surface area contributed by atoms with E-state index >= 15 is 0 Å². The minimum absolute atomic E-state index is 0.579. The van der Waals surface area contributed by atoms with E-state index in [0.717, 1.165) is 71.7 Å². The standard InChI is InChI=1S/C55H31N3O2/c1-2-15-36-34(13-1)35-14-3-6-20-41(35)52-42-21-7-4-16-37(42)44(31-47(36)52)38-17-5-8-22-43(38)55-57-53(32-25-27-50-45(29-32)39-18-9-11-23-48(39)59-50)56-54(58-55)33-26-28-51-46(30-33)40-19-10-12-24-49(40)60-51/h1-31H. The molecule has 0 saturated heterocycles. The number of para-hydroxylation sites is 2. The Balaban J connectivity index is 1.08. The lowest BCUT2D eigenvalue weighted by Gasteiger charge is -2.18. The second-order valence-electron chi connectivity index (χ2n) is 15.5. The van der Waals surface area contributed by atoms with Gasteiger partial charge in [0.2, 0.25) is 0 Å². The van der Waals surface area contributed by atoms with Gasteiger partial charge in [0.15, 0.2) is 17.5 Å². The minimum atomic E-state index is 0.579. The van der Waals surface area contributed by atoms with Gasteiger partial charge in [0, 0.05) is 38.2 Å². The van der Waals surface area contributed by atoms with Crippen LogP contribution in [0.15, 0.2) is 197 Å². The molecule has 0 amide bonds. The molecule has 60 heavy (non-hydrogen) atoms. The quantitative estimate of drug-likeness (QED) is 0.167. The van der Waals surface area contributed by atoms with Gasteiger partial charge in [-0.1, -0.05) is 133 Å². The summed E-state index contributed by atoms with van der Waals surface area (Å²) in [4.78, 5) is 15.9. The van der Waals surface area contributed by atoms with E-state index in [1.54, 1.807) is 0 Å². The van der Waals surface area contributed by atoms with Crippen molar-refractivity contribution in [2.24, 2.45) is 0 Å². The largest absolute Gasteiger partial charge is 0.456 e. The van der Waals surface area contributed by atoms with Crippen molar-refractivity contribution >= 4 is 87.0 Å². The molecule has 10 aromatic carbocycles. The van der Waals surface area contributed by atoms with Crippen LogP contribution in [-0.2, 0) is 0 Å². The van der Waals surface area contributed by atoms with Crippen molar-refractivity contribution in [2.75, 3.05) is 0 Å². The van der Waals surface area contributed by atoms with Crippen LogP contribution < -0.4 is 0 Å². The predicted octanol–water partition coefficient (Wildman–Crippen LogP) is 15.0. The Morgan fingerprint density at radius 1 is 0.250 bits per heavy atom. The molecular formula is C55H31N3O2. The molecule has 13 rings (SSSR count). The molecule has 0 aliphatic heterocycles. The van der Waals surface area contributed by atoms with Gasteiger partial charge in [-0.05, 0) is 109 Å². The van der Waals surface area contributed by atoms with Crippen LogP contribution in [0.4, 0.5) is 0 Å². The Bertz CT molecular complexity index is 3780. The van der Waals surface area contributed by atoms with E-state index in [4.69, 9.17) is 23.8 Å². The van der Waals surface area contributed by atoms with Gasteiger partial charge in [0.1, 0.15) is 22.3 Å². The summed E-state index contributed by atoms with van der Waals surface area (Å²) in [5.74, 6) is 1.75. The first kappa shape index (κ1) is 32.9.